The summed E-state index contributed by atoms with van der Waals surface area (Å²) >= 11 is 0. The van der Waals surface area contributed by atoms with Gasteiger partial charge in [-0.2, -0.15) is 0 Å². The summed E-state index contributed by atoms with van der Waals surface area (Å²) in [6, 6.07) is 7.42. The van der Waals surface area contributed by atoms with E-state index < -0.39 is 0 Å². The minimum atomic E-state index is -0.235. The molecule has 1 fully saturated rings. The Morgan fingerprint density at radius 2 is 2.00 bits per heavy atom. The molecule has 0 unspecified atom stereocenters. The molecule has 3 rings (SSSR count). The van der Waals surface area contributed by atoms with Gasteiger partial charge >= 0.3 is 0 Å². The number of carbonyl (C=O) groups excluding carboxylic acids is 2. The van der Waals surface area contributed by atoms with Crippen molar-refractivity contribution in [2.75, 3.05) is 26.8 Å². The zero-order chi connectivity index (χ0) is 21.5. The number of nitrogens with zero attached hydrogens (tertiary/aromatic N) is 2. The highest BCUT2D eigenvalue weighted by Crippen LogP contribution is 2.28. The maximum atomic E-state index is 12.6. The molecule has 2 aromatic rings. The fourth-order valence-corrected chi connectivity index (χ4v) is 3.56. The number of ether oxygens (including phenoxy) is 2. The second-order valence-corrected chi connectivity index (χ2v) is 7.37. The summed E-state index contributed by atoms with van der Waals surface area (Å²) < 4.78 is 15.8. The monoisotopic (exact) mass is 415 g/mol. The van der Waals surface area contributed by atoms with E-state index in [-0.39, 0.29) is 23.6 Å². The summed E-state index contributed by atoms with van der Waals surface area (Å²) in [6.07, 6.45) is 2.53. The van der Waals surface area contributed by atoms with Crippen molar-refractivity contribution in [2.24, 2.45) is 0 Å². The van der Waals surface area contributed by atoms with E-state index in [4.69, 9.17) is 14.0 Å². The van der Waals surface area contributed by atoms with Gasteiger partial charge in [0.15, 0.2) is 17.2 Å². The molecule has 1 N–H and O–H groups in total. The zero-order valence-electron chi connectivity index (χ0n) is 17.8. The molecule has 162 valence electrons. The smallest absolute Gasteiger partial charge is 0.273 e. The minimum Gasteiger partial charge on any atom is -0.493 e. The summed E-state index contributed by atoms with van der Waals surface area (Å²) in [6.45, 7) is 5.51. The molecule has 2 amide bonds. The van der Waals surface area contributed by atoms with Crippen LogP contribution in [-0.2, 0) is 11.2 Å². The zero-order valence-corrected chi connectivity index (χ0v) is 17.8. The van der Waals surface area contributed by atoms with E-state index >= 15 is 0 Å². The van der Waals surface area contributed by atoms with Crippen LogP contribution in [0.4, 0.5) is 0 Å². The molecule has 30 heavy (non-hydrogen) atoms. The molecule has 0 radical (unpaired) electrons. The molecule has 0 atom stereocenters. The normalized spacial score (nSPS) is 14.4. The molecule has 0 bridgehead atoms. The van der Waals surface area contributed by atoms with Gasteiger partial charge in [-0.3, -0.25) is 9.59 Å². The fraction of sp³-hybridized carbons (Fsp3) is 0.500. The Labute approximate surface area is 176 Å². The second kappa shape index (κ2) is 10.1. The Morgan fingerprint density at radius 3 is 2.63 bits per heavy atom. The Morgan fingerprint density at radius 1 is 1.23 bits per heavy atom. The molecule has 8 heteroatoms. The van der Waals surface area contributed by atoms with E-state index in [2.05, 4.69) is 10.5 Å². The van der Waals surface area contributed by atoms with Gasteiger partial charge in [-0.15, -0.1) is 0 Å². The third-order valence-corrected chi connectivity index (χ3v) is 5.20. The van der Waals surface area contributed by atoms with E-state index in [9.17, 15) is 9.59 Å². The number of benzene rings is 1. The summed E-state index contributed by atoms with van der Waals surface area (Å²) in [7, 11) is 1.61. The Balaban J connectivity index is 1.44. The number of hydrogen-bond donors (Lipinski definition) is 1. The first-order valence-electron chi connectivity index (χ1n) is 10.3. The molecule has 1 aromatic heterocycles. The Hall–Kier alpha value is -3.03. The molecule has 0 saturated carbocycles. The number of piperidine rings is 1. The van der Waals surface area contributed by atoms with E-state index in [1.165, 1.54) is 0 Å². The number of hydrogen-bond acceptors (Lipinski definition) is 6. The van der Waals surface area contributed by atoms with E-state index in [1.54, 1.807) is 20.1 Å². The van der Waals surface area contributed by atoms with Crippen LogP contribution in [-0.4, -0.2) is 54.7 Å². The predicted molar refractivity (Wildman–Crippen MR) is 111 cm³/mol. The van der Waals surface area contributed by atoms with Crippen LogP contribution in [0.5, 0.6) is 11.5 Å². The number of nitrogens with one attached hydrogen (secondary N) is 1. The Kier molecular flexibility index (Phi) is 7.32. The third kappa shape index (κ3) is 5.52. The van der Waals surface area contributed by atoms with Gasteiger partial charge in [0.25, 0.3) is 5.91 Å². The maximum absolute atomic E-state index is 12.6. The standard InChI is InChI=1S/C22H29N3O5/c1-4-29-19-7-5-16(14-20(19)28-3)6-8-21(26)25-11-9-17(10-12-25)23-22(27)18-13-15(2)30-24-18/h5,7,13-14,17H,4,6,8-12H2,1-3H3,(H,23,27). The molecule has 0 aliphatic carbocycles. The topological polar surface area (TPSA) is 93.9 Å². The second-order valence-electron chi connectivity index (χ2n) is 7.37. The molecule has 1 aliphatic heterocycles. The number of amides is 2. The third-order valence-electron chi connectivity index (χ3n) is 5.20. The van der Waals surface area contributed by atoms with Crippen LogP contribution in [0, 0.1) is 6.92 Å². The first-order chi connectivity index (χ1) is 14.5. The Bertz CT molecular complexity index is 871. The minimum absolute atomic E-state index is 0.0360. The van der Waals surface area contributed by atoms with Gasteiger partial charge in [0.05, 0.1) is 13.7 Å². The van der Waals surface area contributed by atoms with E-state index in [0.717, 1.165) is 18.4 Å². The lowest BCUT2D eigenvalue weighted by Gasteiger charge is -2.32. The molecular weight excluding hydrogens is 386 g/mol. The molecule has 1 saturated heterocycles. The highest BCUT2D eigenvalue weighted by atomic mass is 16.5. The van der Waals surface area contributed by atoms with Gasteiger partial charge in [0.2, 0.25) is 5.91 Å². The first-order valence-corrected chi connectivity index (χ1v) is 10.3. The van der Waals surface area contributed by atoms with Gasteiger partial charge in [0.1, 0.15) is 5.76 Å². The number of aromatic nitrogens is 1. The number of methoxy groups -OCH3 is 1. The quantitative estimate of drug-likeness (QED) is 0.713. The predicted octanol–water partition coefficient (Wildman–Crippen LogP) is 2.74. The van der Waals surface area contributed by atoms with Crippen molar-refractivity contribution in [1.82, 2.24) is 15.4 Å². The van der Waals surface area contributed by atoms with Crippen LogP contribution in [0.15, 0.2) is 28.8 Å². The molecule has 0 spiro atoms. The van der Waals surface area contributed by atoms with Gasteiger partial charge in [-0.05, 0) is 50.8 Å². The van der Waals surface area contributed by atoms with Crippen LogP contribution < -0.4 is 14.8 Å². The average molecular weight is 415 g/mol. The maximum Gasteiger partial charge on any atom is 0.273 e. The van der Waals surface area contributed by atoms with Crippen molar-refractivity contribution in [3.8, 4) is 11.5 Å². The number of carbonyl (C=O) groups is 2. The van der Waals surface area contributed by atoms with Crippen molar-refractivity contribution in [1.29, 1.82) is 0 Å². The lowest BCUT2D eigenvalue weighted by Crippen LogP contribution is -2.46. The van der Waals surface area contributed by atoms with Crippen molar-refractivity contribution in [3.05, 3.63) is 41.3 Å². The van der Waals surface area contributed by atoms with Crippen molar-refractivity contribution in [3.63, 3.8) is 0 Å². The van der Waals surface area contributed by atoms with Gasteiger partial charge in [0, 0.05) is 31.6 Å². The summed E-state index contributed by atoms with van der Waals surface area (Å²) in [5.74, 6) is 1.88. The molecule has 1 aliphatic rings. The first kappa shape index (κ1) is 21.7. The van der Waals surface area contributed by atoms with Crippen LogP contribution in [0.25, 0.3) is 0 Å². The SMILES string of the molecule is CCOc1ccc(CCC(=O)N2CCC(NC(=O)c3cc(C)on3)CC2)cc1OC. The number of rotatable bonds is 8. The van der Waals surface area contributed by atoms with Crippen LogP contribution >= 0.6 is 0 Å². The lowest BCUT2D eigenvalue weighted by atomic mass is 10.0. The van der Waals surface area contributed by atoms with Crippen LogP contribution in [0.3, 0.4) is 0 Å². The largest absolute Gasteiger partial charge is 0.493 e. The number of aryl methyl sites for hydroxylation is 2. The fourth-order valence-electron chi connectivity index (χ4n) is 3.56. The molecule has 2 heterocycles. The average Bonchev–Trinajstić information content (AvgIpc) is 3.20. The van der Waals surface area contributed by atoms with Crippen molar-refractivity contribution < 1.29 is 23.6 Å². The van der Waals surface area contributed by atoms with E-state index in [0.29, 0.717) is 49.8 Å². The molecule has 1 aromatic carbocycles. The van der Waals surface area contributed by atoms with Gasteiger partial charge in [-0.25, -0.2) is 0 Å². The highest BCUT2D eigenvalue weighted by molar-refractivity contribution is 5.92. The van der Waals surface area contributed by atoms with Crippen LogP contribution in [0.2, 0.25) is 0 Å². The van der Waals surface area contributed by atoms with Gasteiger partial charge < -0.3 is 24.2 Å². The van der Waals surface area contributed by atoms with Gasteiger partial charge in [-0.1, -0.05) is 11.2 Å². The summed E-state index contributed by atoms with van der Waals surface area (Å²) in [5.41, 5.74) is 1.32. The van der Waals surface area contributed by atoms with Crippen LogP contribution in [0.1, 0.15) is 48.0 Å². The highest BCUT2D eigenvalue weighted by Gasteiger charge is 2.24. The summed E-state index contributed by atoms with van der Waals surface area (Å²) in [5, 5.41) is 6.71. The number of likely N-dealkylation sites (tertiary alicyclic amines) is 1. The van der Waals surface area contributed by atoms with E-state index in [1.807, 2.05) is 30.0 Å². The molecular formula is C22H29N3O5. The molecule has 8 nitrogen and oxygen atoms in total. The lowest BCUT2D eigenvalue weighted by molar-refractivity contribution is -0.132. The van der Waals surface area contributed by atoms with Crippen molar-refractivity contribution in [2.45, 2.75) is 45.6 Å². The summed E-state index contributed by atoms with van der Waals surface area (Å²) in [4.78, 5) is 26.7. The van der Waals surface area contributed by atoms with Crippen molar-refractivity contribution >= 4 is 11.8 Å².